The molecule has 0 fully saturated rings. The van der Waals surface area contributed by atoms with E-state index in [9.17, 15) is 4.79 Å². The lowest BCUT2D eigenvalue weighted by Crippen LogP contribution is -2.34. The fraction of sp³-hybridized carbons (Fsp3) is 0.533. The van der Waals surface area contributed by atoms with Crippen molar-refractivity contribution in [1.82, 2.24) is 20.3 Å². The van der Waals surface area contributed by atoms with Crippen LogP contribution in [0, 0.1) is 5.92 Å². The standard InChI is InChI=1S/C15H21ClN4OS/c1-9(2)4-5-10(3)18-13(21)8-22-15-19-12-6-11(16)7-17-14(12)20-15/h6-7,9-10H,4-5,8H2,1-3H3,(H,18,21)(H,17,19,20)/t10-/m1/s1. The smallest absolute Gasteiger partial charge is 0.230 e. The number of H-pyrrole nitrogens is 1. The number of hydrogen-bond donors (Lipinski definition) is 2. The third-order valence-electron chi connectivity index (χ3n) is 3.21. The molecule has 2 rings (SSSR count). The molecule has 5 nitrogen and oxygen atoms in total. The van der Waals surface area contributed by atoms with Crippen LogP contribution in [0.2, 0.25) is 5.02 Å². The van der Waals surface area contributed by atoms with Crippen molar-refractivity contribution >= 4 is 40.4 Å². The minimum Gasteiger partial charge on any atom is -0.353 e. The highest BCUT2D eigenvalue weighted by molar-refractivity contribution is 7.99. The Morgan fingerprint density at radius 2 is 2.18 bits per heavy atom. The van der Waals surface area contributed by atoms with E-state index in [1.165, 1.54) is 11.8 Å². The molecule has 1 amide bonds. The summed E-state index contributed by atoms with van der Waals surface area (Å²) < 4.78 is 0. The van der Waals surface area contributed by atoms with E-state index in [1.807, 2.05) is 6.92 Å². The molecule has 1 atom stereocenters. The minimum atomic E-state index is 0.0210. The molecule has 0 aliphatic carbocycles. The van der Waals surface area contributed by atoms with Gasteiger partial charge in [0.15, 0.2) is 10.8 Å². The zero-order chi connectivity index (χ0) is 16.1. The van der Waals surface area contributed by atoms with Gasteiger partial charge in [-0.3, -0.25) is 4.79 Å². The van der Waals surface area contributed by atoms with Crippen LogP contribution in [-0.2, 0) is 4.79 Å². The number of rotatable bonds is 7. The summed E-state index contributed by atoms with van der Waals surface area (Å²) in [6, 6.07) is 1.97. The predicted molar refractivity (Wildman–Crippen MR) is 91.3 cm³/mol. The molecule has 0 radical (unpaired) electrons. The Kier molecular flexibility index (Phi) is 6.08. The van der Waals surface area contributed by atoms with Crippen LogP contribution in [-0.4, -0.2) is 32.7 Å². The number of aromatic amines is 1. The summed E-state index contributed by atoms with van der Waals surface area (Å²) in [5.74, 6) is 1.01. The number of pyridine rings is 1. The molecule has 0 aromatic carbocycles. The maximum atomic E-state index is 11.9. The van der Waals surface area contributed by atoms with Crippen molar-refractivity contribution in [2.75, 3.05) is 5.75 Å². The largest absolute Gasteiger partial charge is 0.353 e. The number of nitrogens with one attached hydrogen (secondary N) is 2. The molecule has 0 saturated carbocycles. The van der Waals surface area contributed by atoms with E-state index in [1.54, 1.807) is 12.3 Å². The fourth-order valence-electron chi connectivity index (χ4n) is 2.03. The summed E-state index contributed by atoms with van der Waals surface area (Å²) >= 11 is 7.25. The quantitative estimate of drug-likeness (QED) is 0.755. The summed E-state index contributed by atoms with van der Waals surface area (Å²) in [6.07, 6.45) is 3.67. The van der Waals surface area contributed by atoms with Gasteiger partial charge in [-0.2, -0.15) is 0 Å². The third kappa shape index (κ3) is 5.18. The molecular formula is C15H21ClN4OS. The molecule has 22 heavy (non-hydrogen) atoms. The van der Waals surface area contributed by atoms with E-state index < -0.39 is 0 Å². The van der Waals surface area contributed by atoms with Crippen molar-refractivity contribution in [3.8, 4) is 0 Å². The van der Waals surface area contributed by atoms with Gasteiger partial charge >= 0.3 is 0 Å². The van der Waals surface area contributed by atoms with Crippen LogP contribution in [0.25, 0.3) is 11.2 Å². The van der Waals surface area contributed by atoms with Gasteiger partial charge in [-0.15, -0.1) is 0 Å². The van der Waals surface area contributed by atoms with Crippen LogP contribution in [0.5, 0.6) is 0 Å². The Hall–Kier alpha value is -1.27. The number of carbonyl (C=O) groups excluding carboxylic acids is 1. The number of carbonyl (C=O) groups is 1. The molecule has 0 bridgehead atoms. The van der Waals surface area contributed by atoms with Gasteiger partial charge in [-0.25, -0.2) is 9.97 Å². The number of fused-ring (bicyclic) bond motifs is 1. The van der Waals surface area contributed by atoms with Gasteiger partial charge < -0.3 is 10.3 Å². The van der Waals surface area contributed by atoms with Crippen LogP contribution in [0.1, 0.15) is 33.6 Å². The number of imidazole rings is 1. The number of halogens is 1. The average Bonchev–Trinajstić information content (AvgIpc) is 2.85. The molecule has 2 aromatic rings. The fourth-order valence-corrected chi connectivity index (χ4v) is 2.87. The van der Waals surface area contributed by atoms with Gasteiger partial charge in [0.25, 0.3) is 0 Å². The summed E-state index contributed by atoms with van der Waals surface area (Å²) in [7, 11) is 0. The van der Waals surface area contributed by atoms with E-state index in [2.05, 4.69) is 34.1 Å². The van der Waals surface area contributed by atoms with Crippen molar-refractivity contribution < 1.29 is 4.79 Å². The Morgan fingerprint density at radius 1 is 1.41 bits per heavy atom. The van der Waals surface area contributed by atoms with Gasteiger partial charge in [0, 0.05) is 12.2 Å². The number of hydrogen-bond acceptors (Lipinski definition) is 4. The summed E-state index contributed by atoms with van der Waals surface area (Å²) in [5, 5.41) is 4.25. The Balaban J connectivity index is 1.82. The first-order chi connectivity index (χ1) is 10.4. The zero-order valence-electron chi connectivity index (χ0n) is 13.0. The first kappa shape index (κ1) is 17.1. The van der Waals surface area contributed by atoms with Crippen LogP contribution in [0.15, 0.2) is 17.4 Å². The van der Waals surface area contributed by atoms with Crippen LogP contribution < -0.4 is 5.32 Å². The van der Waals surface area contributed by atoms with Crippen molar-refractivity contribution in [3.63, 3.8) is 0 Å². The molecule has 120 valence electrons. The molecule has 7 heteroatoms. The summed E-state index contributed by atoms with van der Waals surface area (Å²) in [4.78, 5) is 23.5. The van der Waals surface area contributed by atoms with Crippen molar-refractivity contribution in [3.05, 3.63) is 17.3 Å². The average molecular weight is 341 g/mol. The summed E-state index contributed by atoms with van der Waals surface area (Å²) in [6.45, 7) is 6.41. The van der Waals surface area contributed by atoms with Crippen LogP contribution >= 0.6 is 23.4 Å². The van der Waals surface area contributed by atoms with E-state index in [-0.39, 0.29) is 11.9 Å². The topological polar surface area (TPSA) is 70.7 Å². The maximum Gasteiger partial charge on any atom is 0.230 e. The zero-order valence-corrected chi connectivity index (χ0v) is 14.6. The Morgan fingerprint density at radius 3 is 2.91 bits per heavy atom. The molecule has 0 aliphatic rings. The van der Waals surface area contributed by atoms with E-state index >= 15 is 0 Å². The predicted octanol–water partition coefficient (Wildman–Crippen LogP) is 3.64. The highest BCUT2D eigenvalue weighted by atomic mass is 35.5. The second-order valence-corrected chi connectivity index (χ2v) is 7.20. The first-order valence-corrected chi connectivity index (χ1v) is 8.74. The van der Waals surface area contributed by atoms with Crippen molar-refractivity contribution in [2.45, 2.75) is 44.8 Å². The SMILES string of the molecule is CC(C)CC[C@@H](C)NC(=O)CSc1nc2ncc(Cl)cc2[nH]1. The van der Waals surface area contributed by atoms with Crippen molar-refractivity contribution in [1.29, 1.82) is 0 Å². The van der Waals surface area contributed by atoms with E-state index in [0.717, 1.165) is 18.4 Å². The van der Waals surface area contributed by atoms with Gasteiger partial charge in [0.1, 0.15) is 0 Å². The molecular weight excluding hydrogens is 320 g/mol. The van der Waals surface area contributed by atoms with Crippen LogP contribution in [0.3, 0.4) is 0 Å². The molecule has 0 aliphatic heterocycles. The van der Waals surface area contributed by atoms with Crippen LogP contribution in [0.4, 0.5) is 0 Å². The van der Waals surface area contributed by atoms with Gasteiger partial charge in [-0.05, 0) is 31.7 Å². The highest BCUT2D eigenvalue weighted by Gasteiger charge is 2.11. The van der Waals surface area contributed by atoms with Gasteiger partial charge in [-0.1, -0.05) is 37.2 Å². The normalized spacial score (nSPS) is 12.8. The van der Waals surface area contributed by atoms with E-state index in [0.29, 0.717) is 27.5 Å². The second-order valence-electron chi connectivity index (χ2n) is 5.80. The Labute approximate surface area is 139 Å². The minimum absolute atomic E-state index is 0.0210. The lowest BCUT2D eigenvalue weighted by molar-refractivity contribution is -0.119. The van der Waals surface area contributed by atoms with Gasteiger partial charge in [0.2, 0.25) is 5.91 Å². The number of aromatic nitrogens is 3. The highest BCUT2D eigenvalue weighted by Crippen LogP contribution is 2.20. The lowest BCUT2D eigenvalue weighted by Gasteiger charge is -2.14. The second kappa shape index (κ2) is 7.83. The molecule has 2 heterocycles. The molecule has 0 spiro atoms. The number of amides is 1. The monoisotopic (exact) mass is 340 g/mol. The van der Waals surface area contributed by atoms with E-state index in [4.69, 9.17) is 11.6 Å². The number of nitrogens with zero attached hydrogens (tertiary/aromatic N) is 2. The third-order valence-corrected chi connectivity index (χ3v) is 4.29. The molecule has 0 saturated heterocycles. The molecule has 2 N–H and O–H groups in total. The maximum absolute atomic E-state index is 11.9. The number of thioether (sulfide) groups is 1. The van der Waals surface area contributed by atoms with Crippen molar-refractivity contribution in [2.24, 2.45) is 5.92 Å². The summed E-state index contributed by atoms with van der Waals surface area (Å²) in [5.41, 5.74) is 1.39. The lowest BCUT2D eigenvalue weighted by atomic mass is 10.0. The van der Waals surface area contributed by atoms with Gasteiger partial charge in [0.05, 0.1) is 16.3 Å². The molecule has 2 aromatic heterocycles. The Bertz CT molecular complexity index is 644. The first-order valence-electron chi connectivity index (χ1n) is 7.37. The molecule has 0 unspecified atom stereocenters.